The minimum absolute atomic E-state index is 0.875. The molecule has 436 valence electrons. The van der Waals surface area contributed by atoms with E-state index >= 15 is 0 Å². The lowest BCUT2D eigenvalue weighted by atomic mass is 9.87. The summed E-state index contributed by atoms with van der Waals surface area (Å²) in [6.45, 7) is 18.7. The van der Waals surface area contributed by atoms with Crippen LogP contribution in [0.25, 0.3) is 115 Å². The number of anilines is 1. The molecule has 4 N–H and O–H groups in total. The molecule has 5 aliphatic rings. The second kappa shape index (κ2) is 20.3. The van der Waals surface area contributed by atoms with Gasteiger partial charge < -0.3 is 19.9 Å². The van der Waals surface area contributed by atoms with Crippen molar-refractivity contribution in [2.24, 2.45) is 15.0 Å². The van der Waals surface area contributed by atoms with Crippen molar-refractivity contribution >= 4 is 121 Å². The number of nitrogens with one attached hydrogen (secondary N) is 4. The zero-order valence-corrected chi connectivity index (χ0v) is 52.3. The van der Waals surface area contributed by atoms with Crippen molar-refractivity contribution in [2.75, 3.05) is 5.32 Å². The minimum Gasteiger partial charge on any atom is -0.654 e. The summed E-state index contributed by atoms with van der Waals surface area (Å²) in [4.78, 5) is 37.3. The normalized spacial score (nSPS) is 14.8. The molecule has 0 aliphatic carbocycles. The number of rotatable bonds is 16. The molecule has 8 aromatic carbocycles. The van der Waals surface area contributed by atoms with Gasteiger partial charge >= 0.3 is 0 Å². The molecule has 0 radical (unpaired) electrons. The fourth-order valence-corrected chi connectivity index (χ4v) is 17.2. The molecule has 9 heterocycles. The topological polar surface area (TPSA) is 111 Å². The minimum atomic E-state index is 0.875. The number of aromatic nitrogens is 4. The predicted octanol–water partition coefficient (Wildman–Crippen LogP) is 14.7. The smallest absolute Gasteiger partial charge is 0.163 e. The molecule has 0 unspecified atom stereocenters. The van der Waals surface area contributed by atoms with E-state index in [1.807, 2.05) is 0 Å². The van der Waals surface area contributed by atoms with Crippen molar-refractivity contribution in [3.05, 3.63) is 195 Å². The van der Waals surface area contributed by atoms with Crippen LogP contribution in [0.15, 0.2) is 123 Å². The van der Waals surface area contributed by atoms with Crippen LogP contribution in [0.5, 0.6) is 0 Å². The Hall–Kier alpha value is -8.88. The molecule has 16 bridgehead atoms. The maximum atomic E-state index is 6.11. The summed E-state index contributed by atoms with van der Waals surface area (Å²) in [5.41, 5.74) is 20.4. The highest BCUT2D eigenvalue weighted by Crippen LogP contribution is 2.47. The second-order valence-corrected chi connectivity index (χ2v) is 25.7. The standard InChI is InChI=1S/C80H76N8/c1-9-25-49-57-41-33-17-18-34-42(41)58-51(27-11-3)67-68-53(29-13-5)61-45-37-21-22-38-46(45)63-55(31-15-7)71(87-78(63)77(61)85-68)72-56(32-16-8)64-48-40-24-23-39-47(48)62-54(30-14-6)70(86-79(62)80(64)88-72)69-52(28-12-4)60-44-36-20-19-35-43(44)59-50(26-10-2)66(82-75(59)76(60)84-69)65(49)81-73(57)74(58)83-67/h17-24,33-40,81-83,87H,9-16,25-32H2,1-8H3. The number of fused-ring (bicyclic) bond motifs is 20. The fourth-order valence-electron chi connectivity index (χ4n) is 17.2. The molecule has 8 nitrogen and oxygen atoms in total. The van der Waals surface area contributed by atoms with Gasteiger partial charge in [0.2, 0.25) is 0 Å². The van der Waals surface area contributed by atoms with E-state index in [-0.39, 0.29) is 0 Å². The van der Waals surface area contributed by atoms with Crippen LogP contribution in [0.4, 0.5) is 5.69 Å². The molecule has 12 aromatic rings. The number of nitrogens with zero attached hydrogens (tertiary/aromatic N) is 4. The van der Waals surface area contributed by atoms with Crippen molar-refractivity contribution in [1.29, 1.82) is 0 Å². The van der Waals surface area contributed by atoms with E-state index in [9.17, 15) is 0 Å². The van der Waals surface area contributed by atoms with E-state index in [0.29, 0.717) is 0 Å². The molecular weight excluding hydrogens is 1070 g/mol. The van der Waals surface area contributed by atoms with Gasteiger partial charge in [0, 0.05) is 54.7 Å². The third-order valence-electron chi connectivity index (χ3n) is 20.4. The molecule has 5 aliphatic heterocycles. The largest absolute Gasteiger partial charge is 0.654 e. The fraction of sp³-hybridized carbons (Fsp3) is 0.300. The molecule has 0 saturated heterocycles. The summed E-state index contributed by atoms with van der Waals surface area (Å²) in [6, 6.07) is 36.9. The Bertz CT molecular complexity index is 5830. The Morgan fingerprint density at radius 1 is 0.375 bits per heavy atom. The van der Waals surface area contributed by atoms with Crippen LogP contribution < -0.4 is 52.7 Å². The molecule has 0 spiro atoms. The third-order valence-corrected chi connectivity index (χ3v) is 20.4. The molecule has 0 amide bonds. The average Bonchev–Trinajstić information content (AvgIpc) is 1.58. The van der Waals surface area contributed by atoms with Crippen LogP contribution in [-0.2, 0) is 25.7 Å². The number of benzene rings is 8. The van der Waals surface area contributed by atoms with Crippen molar-refractivity contribution in [2.45, 2.75) is 158 Å². The van der Waals surface area contributed by atoms with Crippen LogP contribution in [0.3, 0.4) is 0 Å². The van der Waals surface area contributed by atoms with Crippen LogP contribution in [0.2, 0.25) is 0 Å². The SMILES string of the molecule is CCCC1=c2c3c4c(c5ccccc25)[C+](CCC)C(=C2N=c5c6c(c7ccccc7c5=C2CCC)=C(CCC)C(=c2[n-]c5c7[nH]c(c(CCC)c7c7ccccc7c5c2CCC)=c2[nH]c5c7[nH]c(c(CCC)c7c7ccccc7c5c2CCC)=C1N=3)N=6)N4. The van der Waals surface area contributed by atoms with Gasteiger partial charge in [0.25, 0.3) is 0 Å². The Labute approximate surface area is 511 Å². The van der Waals surface area contributed by atoms with Gasteiger partial charge in [-0.05, 0) is 129 Å². The molecule has 4 aromatic heterocycles. The molecule has 0 saturated carbocycles. The number of aryl methyl sites for hydroxylation is 4. The zero-order valence-electron chi connectivity index (χ0n) is 52.3. The quantitative estimate of drug-likeness (QED) is 0.0723. The maximum Gasteiger partial charge on any atom is 0.163 e. The van der Waals surface area contributed by atoms with Crippen LogP contribution in [0.1, 0.15) is 160 Å². The first-order chi connectivity index (χ1) is 43.4. The second-order valence-electron chi connectivity index (χ2n) is 25.7. The molecule has 8 heteroatoms. The van der Waals surface area contributed by atoms with Gasteiger partial charge in [-0.3, -0.25) is 5.32 Å². The van der Waals surface area contributed by atoms with Crippen molar-refractivity contribution < 1.29 is 0 Å². The van der Waals surface area contributed by atoms with Crippen LogP contribution in [-0.4, -0.2) is 15.0 Å². The zero-order chi connectivity index (χ0) is 59.4. The van der Waals surface area contributed by atoms with Crippen LogP contribution >= 0.6 is 0 Å². The monoisotopic (exact) mass is 1150 g/mol. The number of hydrogen-bond acceptors (Lipinski definition) is 4. The first-order valence-corrected chi connectivity index (χ1v) is 33.6. The highest BCUT2D eigenvalue weighted by molar-refractivity contribution is 6.27. The van der Waals surface area contributed by atoms with Crippen molar-refractivity contribution in [3.8, 4) is 0 Å². The Kier molecular flexibility index (Phi) is 12.3. The lowest BCUT2D eigenvalue weighted by Gasteiger charge is -2.11. The van der Waals surface area contributed by atoms with E-state index in [1.54, 1.807) is 0 Å². The lowest BCUT2D eigenvalue weighted by Crippen LogP contribution is -2.47. The Balaban J connectivity index is 1.18. The van der Waals surface area contributed by atoms with Gasteiger partial charge in [-0.15, -0.1) is 10.9 Å². The summed E-state index contributed by atoms with van der Waals surface area (Å²) < 4.78 is 0. The van der Waals surface area contributed by atoms with Crippen molar-refractivity contribution in [1.82, 2.24) is 19.9 Å². The van der Waals surface area contributed by atoms with Gasteiger partial charge in [0.05, 0.1) is 55.1 Å². The van der Waals surface area contributed by atoms with Gasteiger partial charge in [-0.1, -0.05) is 191 Å². The number of hydrogen-bond donors (Lipinski definition) is 4. The van der Waals surface area contributed by atoms with Gasteiger partial charge in [0.15, 0.2) is 17.1 Å². The van der Waals surface area contributed by atoms with Gasteiger partial charge in [-0.25, -0.2) is 9.98 Å². The summed E-state index contributed by atoms with van der Waals surface area (Å²) in [5, 5.41) is 30.9. The summed E-state index contributed by atoms with van der Waals surface area (Å²) in [6.07, 6.45) is 15.1. The number of aromatic amines is 3. The third kappa shape index (κ3) is 7.09. The summed E-state index contributed by atoms with van der Waals surface area (Å²) >= 11 is 0. The van der Waals surface area contributed by atoms with E-state index in [1.165, 1.54) is 152 Å². The van der Waals surface area contributed by atoms with Gasteiger partial charge in [0.1, 0.15) is 16.3 Å². The lowest BCUT2D eigenvalue weighted by molar-refractivity contribution is 0.851. The molecule has 88 heavy (non-hydrogen) atoms. The Morgan fingerprint density at radius 3 is 1.31 bits per heavy atom. The van der Waals surface area contributed by atoms with Crippen LogP contribution in [0, 0.1) is 16.6 Å². The van der Waals surface area contributed by atoms with E-state index < -0.39 is 0 Å². The van der Waals surface area contributed by atoms with Crippen molar-refractivity contribution in [3.63, 3.8) is 0 Å². The highest BCUT2D eigenvalue weighted by Gasteiger charge is 2.44. The molecule has 0 atom stereocenters. The van der Waals surface area contributed by atoms with E-state index in [2.05, 4.69) is 173 Å². The molecule has 17 rings (SSSR count). The number of H-pyrrole nitrogens is 3. The Morgan fingerprint density at radius 2 is 0.773 bits per heavy atom. The summed E-state index contributed by atoms with van der Waals surface area (Å²) in [5.74, 6) is 1.33. The first kappa shape index (κ1) is 53.4. The average molecular weight is 1150 g/mol. The van der Waals surface area contributed by atoms with E-state index in [0.717, 1.165) is 169 Å². The predicted molar refractivity (Wildman–Crippen MR) is 367 cm³/mol. The molecular formula is C80H76N8. The summed E-state index contributed by atoms with van der Waals surface area (Å²) in [7, 11) is 0. The van der Waals surface area contributed by atoms with Gasteiger partial charge in [-0.2, -0.15) is 4.99 Å². The number of allylic oxidation sites excluding steroid dienone is 2. The maximum absolute atomic E-state index is 6.11. The highest BCUT2D eigenvalue weighted by atomic mass is 15.0. The molecule has 0 fully saturated rings. The first-order valence-electron chi connectivity index (χ1n) is 33.6. The van der Waals surface area contributed by atoms with E-state index in [4.69, 9.17) is 20.0 Å².